The van der Waals surface area contributed by atoms with Gasteiger partial charge in [0.25, 0.3) is 0 Å². The van der Waals surface area contributed by atoms with Gasteiger partial charge in [-0.15, -0.1) is 0 Å². The van der Waals surface area contributed by atoms with Crippen LogP contribution in [0.1, 0.15) is 44.0 Å². The number of hydrogen-bond donors (Lipinski definition) is 1. The Kier molecular flexibility index (Phi) is 5.03. The number of hydrogen-bond acceptors (Lipinski definition) is 5. The van der Waals surface area contributed by atoms with Crippen LogP contribution in [0.2, 0.25) is 0 Å². The Morgan fingerprint density at radius 3 is 2.41 bits per heavy atom. The summed E-state index contributed by atoms with van der Waals surface area (Å²) in [7, 11) is 1.76. The van der Waals surface area contributed by atoms with Gasteiger partial charge in [-0.2, -0.15) is 5.10 Å². The SMILES string of the molecule is Cc1nn(C)c(C)c1NC(=O)CN1C(=O)C(=O)N([C@@H]2CCCC[C@H]2C)C1=O. The highest BCUT2D eigenvalue weighted by Crippen LogP contribution is 2.31. The van der Waals surface area contributed by atoms with E-state index >= 15 is 0 Å². The van der Waals surface area contributed by atoms with Crippen molar-refractivity contribution in [1.82, 2.24) is 19.6 Å². The summed E-state index contributed by atoms with van der Waals surface area (Å²) in [6, 6.07) is -0.975. The van der Waals surface area contributed by atoms with Crippen LogP contribution < -0.4 is 5.32 Å². The van der Waals surface area contributed by atoms with Crippen LogP contribution in [0.15, 0.2) is 0 Å². The molecule has 2 fully saturated rings. The molecule has 0 bridgehead atoms. The normalized spacial score (nSPS) is 23.3. The lowest BCUT2D eigenvalue weighted by atomic mass is 9.85. The molecule has 1 saturated heterocycles. The van der Waals surface area contributed by atoms with E-state index in [1.54, 1.807) is 25.6 Å². The van der Waals surface area contributed by atoms with E-state index in [1.165, 1.54) is 0 Å². The van der Waals surface area contributed by atoms with Gasteiger partial charge in [-0.3, -0.25) is 24.0 Å². The molecule has 1 aromatic rings. The van der Waals surface area contributed by atoms with Gasteiger partial charge in [0.05, 0.1) is 17.1 Å². The number of aromatic nitrogens is 2. The number of nitrogens with one attached hydrogen (secondary N) is 1. The van der Waals surface area contributed by atoms with Crippen LogP contribution in [0.25, 0.3) is 0 Å². The van der Waals surface area contributed by atoms with E-state index in [0.29, 0.717) is 17.8 Å². The second-order valence-corrected chi connectivity index (χ2v) is 7.40. The summed E-state index contributed by atoms with van der Waals surface area (Å²) in [5, 5.41) is 6.90. The Labute approximate surface area is 157 Å². The Bertz CT molecular complexity index is 815. The first-order valence-corrected chi connectivity index (χ1v) is 9.21. The van der Waals surface area contributed by atoms with Gasteiger partial charge in [-0.05, 0) is 32.6 Å². The molecule has 2 aliphatic rings. The van der Waals surface area contributed by atoms with Crippen molar-refractivity contribution in [2.45, 2.75) is 52.5 Å². The van der Waals surface area contributed by atoms with Gasteiger partial charge < -0.3 is 5.32 Å². The second kappa shape index (κ2) is 7.13. The molecule has 2 heterocycles. The van der Waals surface area contributed by atoms with E-state index < -0.39 is 30.3 Å². The summed E-state index contributed by atoms with van der Waals surface area (Å²) in [5.41, 5.74) is 1.94. The van der Waals surface area contributed by atoms with Crippen molar-refractivity contribution in [1.29, 1.82) is 0 Å². The van der Waals surface area contributed by atoms with Crippen LogP contribution in [-0.4, -0.2) is 55.9 Å². The van der Waals surface area contributed by atoms with Crippen molar-refractivity contribution < 1.29 is 19.2 Å². The molecule has 0 radical (unpaired) electrons. The maximum absolute atomic E-state index is 12.7. The number of carbonyl (C=O) groups is 4. The number of anilines is 1. The van der Waals surface area contributed by atoms with E-state index in [2.05, 4.69) is 10.4 Å². The third kappa shape index (κ3) is 3.33. The van der Waals surface area contributed by atoms with Crippen molar-refractivity contribution in [2.24, 2.45) is 13.0 Å². The third-order valence-electron chi connectivity index (χ3n) is 5.56. The van der Waals surface area contributed by atoms with Gasteiger partial charge in [0.2, 0.25) is 5.91 Å². The van der Waals surface area contributed by atoms with Crippen LogP contribution in [0, 0.1) is 19.8 Å². The summed E-state index contributed by atoms with van der Waals surface area (Å²) < 4.78 is 1.63. The number of urea groups is 1. The molecule has 9 heteroatoms. The number of nitrogens with zero attached hydrogens (tertiary/aromatic N) is 4. The lowest BCUT2D eigenvalue weighted by molar-refractivity contribution is -0.145. The number of amides is 5. The van der Waals surface area contributed by atoms with Crippen molar-refractivity contribution in [2.75, 3.05) is 11.9 Å². The van der Waals surface area contributed by atoms with Crippen LogP contribution in [-0.2, 0) is 21.4 Å². The van der Waals surface area contributed by atoms with Crippen molar-refractivity contribution >= 4 is 29.4 Å². The fourth-order valence-corrected chi connectivity index (χ4v) is 3.91. The first kappa shape index (κ1) is 19.1. The quantitative estimate of drug-likeness (QED) is 0.632. The minimum Gasteiger partial charge on any atom is -0.321 e. The smallest absolute Gasteiger partial charge is 0.321 e. The fraction of sp³-hybridized carbons (Fsp3) is 0.611. The lowest BCUT2D eigenvalue weighted by Gasteiger charge is -2.34. The molecule has 1 aliphatic heterocycles. The Morgan fingerprint density at radius 1 is 1.15 bits per heavy atom. The number of rotatable bonds is 4. The van der Waals surface area contributed by atoms with E-state index in [-0.39, 0.29) is 12.0 Å². The highest BCUT2D eigenvalue weighted by Gasteiger charge is 2.49. The van der Waals surface area contributed by atoms with Gasteiger partial charge in [-0.1, -0.05) is 19.8 Å². The predicted molar refractivity (Wildman–Crippen MR) is 96.7 cm³/mol. The Balaban J connectivity index is 1.73. The van der Waals surface area contributed by atoms with Crippen LogP contribution >= 0.6 is 0 Å². The molecule has 1 saturated carbocycles. The maximum Gasteiger partial charge on any atom is 0.334 e. The molecule has 2 atom stereocenters. The topological polar surface area (TPSA) is 105 Å². The molecular formula is C18H25N5O4. The van der Waals surface area contributed by atoms with E-state index in [9.17, 15) is 19.2 Å². The molecule has 0 aromatic carbocycles. The Morgan fingerprint density at radius 2 is 1.81 bits per heavy atom. The molecule has 5 amide bonds. The molecule has 27 heavy (non-hydrogen) atoms. The van der Waals surface area contributed by atoms with Gasteiger partial charge in [0.1, 0.15) is 6.54 Å². The summed E-state index contributed by atoms with van der Waals surface area (Å²) >= 11 is 0. The first-order valence-electron chi connectivity index (χ1n) is 9.21. The minimum atomic E-state index is -0.937. The van der Waals surface area contributed by atoms with Crippen LogP contribution in [0.5, 0.6) is 0 Å². The molecule has 9 nitrogen and oxygen atoms in total. The average Bonchev–Trinajstić information content (AvgIpc) is 2.97. The number of imide groups is 2. The average molecular weight is 375 g/mol. The predicted octanol–water partition coefficient (Wildman–Crippen LogP) is 1.34. The maximum atomic E-state index is 12.7. The molecule has 0 spiro atoms. The van der Waals surface area contributed by atoms with Crippen molar-refractivity contribution in [3.8, 4) is 0 Å². The van der Waals surface area contributed by atoms with Gasteiger partial charge in [0, 0.05) is 13.1 Å². The molecule has 3 rings (SSSR count). The summed E-state index contributed by atoms with van der Waals surface area (Å²) in [5.74, 6) is -2.16. The number of aryl methyl sites for hydroxylation is 2. The molecule has 146 valence electrons. The third-order valence-corrected chi connectivity index (χ3v) is 5.56. The zero-order chi connectivity index (χ0) is 19.9. The Hall–Kier alpha value is -2.71. The van der Waals surface area contributed by atoms with Crippen LogP contribution in [0.4, 0.5) is 10.5 Å². The summed E-state index contributed by atoms with van der Waals surface area (Å²) in [6.07, 6.45) is 3.58. The van der Waals surface area contributed by atoms with E-state index in [1.807, 2.05) is 6.92 Å². The monoisotopic (exact) mass is 375 g/mol. The molecule has 0 unspecified atom stereocenters. The molecular weight excluding hydrogens is 350 g/mol. The first-order chi connectivity index (χ1) is 12.7. The zero-order valence-corrected chi connectivity index (χ0v) is 16.1. The zero-order valence-electron chi connectivity index (χ0n) is 16.1. The molecule has 1 aromatic heterocycles. The van der Waals surface area contributed by atoms with Crippen molar-refractivity contribution in [3.63, 3.8) is 0 Å². The number of carbonyl (C=O) groups excluding carboxylic acids is 4. The van der Waals surface area contributed by atoms with Crippen molar-refractivity contribution in [3.05, 3.63) is 11.4 Å². The van der Waals surface area contributed by atoms with Gasteiger partial charge in [-0.25, -0.2) is 9.69 Å². The largest absolute Gasteiger partial charge is 0.334 e. The highest BCUT2D eigenvalue weighted by atomic mass is 16.2. The standard InChI is InChI=1S/C18H25N5O4/c1-10-7-5-6-8-13(10)23-17(26)16(25)22(18(23)27)9-14(24)19-15-11(2)20-21(4)12(15)3/h10,13H,5-9H2,1-4H3,(H,19,24)/t10-,13-/m1/s1. The minimum absolute atomic E-state index is 0.147. The summed E-state index contributed by atoms with van der Waals surface area (Å²) in [6.45, 7) is 5.05. The lowest BCUT2D eigenvalue weighted by Crippen LogP contribution is -2.46. The van der Waals surface area contributed by atoms with E-state index in [0.717, 1.165) is 34.8 Å². The second-order valence-electron chi connectivity index (χ2n) is 7.40. The van der Waals surface area contributed by atoms with Gasteiger partial charge in [0.15, 0.2) is 0 Å². The van der Waals surface area contributed by atoms with E-state index in [4.69, 9.17) is 0 Å². The fourth-order valence-electron chi connectivity index (χ4n) is 3.91. The van der Waals surface area contributed by atoms with Crippen LogP contribution in [0.3, 0.4) is 0 Å². The van der Waals surface area contributed by atoms with Gasteiger partial charge >= 0.3 is 17.8 Å². The highest BCUT2D eigenvalue weighted by molar-refractivity contribution is 6.45. The molecule has 1 N–H and O–H groups in total. The summed E-state index contributed by atoms with van der Waals surface area (Å²) in [4.78, 5) is 51.6. The molecule has 1 aliphatic carbocycles.